The molecule has 0 spiro atoms. The Labute approximate surface area is 112 Å². The first-order valence-electron chi connectivity index (χ1n) is 6.43. The van der Waals surface area contributed by atoms with E-state index < -0.39 is 11.7 Å². The zero-order valence-corrected chi connectivity index (χ0v) is 10.4. The molecule has 0 saturated carbocycles. The van der Waals surface area contributed by atoms with E-state index in [0.29, 0.717) is 5.39 Å². The molecule has 0 atom stereocenters. The van der Waals surface area contributed by atoms with Crippen molar-refractivity contribution >= 4 is 10.9 Å². The number of fused-ring (bicyclic) bond motifs is 5. The molecule has 0 radical (unpaired) electrons. The summed E-state index contributed by atoms with van der Waals surface area (Å²) >= 11 is 0. The monoisotopic (exact) mass is 276 g/mol. The van der Waals surface area contributed by atoms with Crippen LogP contribution in [0.1, 0.15) is 16.7 Å². The maximum atomic E-state index is 13.1. The van der Waals surface area contributed by atoms with Crippen molar-refractivity contribution in [2.75, 3.05) is 0 Å². The molecule has 2 nitrogen and oxygen atoms in total. The van der Waals surface area contributed by atoms with Crippen LogP contribution < -0.4 is 0 Å². The van der Waals surface area contributed by atoms with Crippen LogP contribution in [0, 0.1) is 0 Å². The topological polar surface area (TPSA) is 31.6 Å². The Morgan fingerprint density at radius 3 is 2.65 bits per heavy atom. The van der Waals surface area contributed by atoms with Gasteiger partial charge in [-0.2, -0.15) is 13.2 Å². The lowest BCUT2D eigenvalue weighted by molar-refractivity contribution is -0.136. The molecule has 0 unspecified atom stereocenters. The van der Waals surface area contributed by atoms with Crippen molar-refractivity contribution in [2.24, 2.45) is 0 Å². The molecule has 4 rings (SSSR count). The van der Waals surface area contributed by atoms with Gasteiger partial charge in [-0.3, -0.25) is 0 Å². The van der Waals surface area contributed by atoms with Gasteiger partial charge in [-0.1, -0.05) is 12.1 Å². The first-order valence-corrected chi connectivity index (χ1v) is 6.43. The molecule has 0 amide bonds. The minimum Gasteiger partial charge on any atom is -0.360 e. The van der Waals surface area contributed by atoms with E-state index in [2.05, 4.69) is 9.97 Å². The van der Waals surface area contributed by atoms with Gasteiger partial charge in [0.25, 0.3) is 0 Å². The number of hydrogen-bond acceptors (Lipinski definition) is 0. The first-order chi connectivity index (χ1) is 9.55. The lowest BCUT2D eigenvalue weighted by atomic mass is 9.93. The number of aryl methyl sites for hydroxylation is 2. The van der Waals surface area contributed by atoms with Gasteiger partial charge in [0.05, 0.1) is 22.5 Å². The van der Waals surface area contributed by atoms with Gasteiger partial charge in [0, 0.05) is 11.6 Å². The second-order valence-corrected chi connectivity index (χ2v) is 5.08. The number of nitrogens with one attached hydrogen (secondary N) is 2. The SMILES string of the molecule is FC(F)(F)c1cccc2c3c([nH]c12)-c1[nH]ccc1CC3. The number of benzene rings is 1. The van der Waals surface area contributed by atoms with Crippen molar-refractivity contribution in [3.8, 4) is 11.4 Å². The molecule has 2 aromatic heterocycles. The molecule has 2 N–H and O–H groups in total. The third kappa shape index (κ3) is 1.46. The van der Waals surface area contributed by atoms with E-state index >= 15 is 0 Å². The molecule has 0 aliphatic heterocycles. The maximum absolute atomic E-state index is 13.1. The number of aromatic amines is 2. The number of halogens is 3. The molecule has 3 aromatic rings. The fourth-order valence-electron chi connectivity index (χ4n) is 3.09. The van der Waals surface area contributed by atoms with Crippen molar-refractivity contribution in [3.05, 3.63) is 47.2 Å². The minimum atomic E-state index is -4.34. The Bertz CT molecular complexity index is 808. The van der Waals surface area contributed by atoms with Gasteiger partial charge < -0.3 is 9.97 Å². The van der Waals surface area contributed by atoms with E-state index in [9.17, 15) is 13.2 Å². The van der Waals surface area contributed by atoms with Crippen molar-refractivity contribution in [2.45, 2.75) is 19.0 Å². The van der Waals surface area contributed by atoms with Gasteiger partial charge in [0.2, 0.25) is 0 Å². The van der Waals surface area contributed by atoms with Gasteiger partial charge in [0.15, 0.2) is 0 Å². The van der Waals surface area contributed by atoms with Crippen molar-refractivity contribution in [1.29, 1.82) is 0 Å². The molecule has 0 bridgehead atoms. The van der Waals surface area contributed by atoms with Gasteiger partial charge in [0.1, 0.15) is 0 Å². The standard InChI is InChI=1S/C15H11F3N2/c16-15(17,18)11-3-1-2-9-10-5-4-8-6-7-19-12(8)14(10)20-13(9)11/h1-3,6-7,19-20H,4-5H2. The fraction of sp³-hybridized carbons (Fsp3) is 0.200. The average Bonchev–Trinajstić information content (AvgIpc) is 3.00. The van der Waals surface area contributed by atoms with Crippen LogP contribution in [-0.2, 0) is 19.0 Å². The van der Waals surface area contributed by atoms with Crippen LogP contribution in [-0.4, -0.2) is 9.97 Å². The maximum Gasteiger partial charge on any atom is 0.418 e. The lowest BCUT2D eigenvalue weighted by Crippen LogP contribution is -2.05. The van der Waals surface area contributed by atoms with E-state index in [1.54, 1.807) is 6.07 Å². The average molecular weight is 276 g/mol. The first kappa shape index (κ1) is 11.6. The predicted octanol–water partition coefficient (Wildman–Crippen LogP) is 4.28. The highest BCUT2D eigenvalue weighted by Gasteiger charge is 2.34. The summed E-state index contributed by atoms with van der Waals surface area (Å²) in [6.07, 6.45) is -0.891. The smallest absolute Gasteiger partial charge is 0.360 e. The number of aromatic nitrogens is 2. The second kappa shape index (κ2) is 3.69. The number of rotatable bonds is 0. The van der Waals surface area contributed by atoms with E-state index in [0.717, 1.165) is 41.4 Å². The van der Waals surface area contributed by atoms with Crippen LogP contribution >= 0.6 is 0 Å². The Morgan fingerprint density at radius 2 is 1.85 bits per heavy atom. The van der Waals surface area contributed by atoms with Crippen LogP contribution in [0.3, 0.4) is 0 Å². The lowest BCUT2D eigenvalue weighted by Gasteiger charge is -2.12. The summed E-state index contributed by atoms with van der Waals surface area (Å²) in [5.41, 5.74) is 3.42. The highest BCUT2D eigenvalue weighted by Crippen LogP contribution is 2.41. The normalized spacial score (nSPS) is 14.3. The third-order valence-corrected chi connectivity index (χ3v) is 3.97. The van der Waals surface area contributed by atoms with Crippen molar-refractivity contribution in [3.63, 3.8) is 0 Å². The van der Waals surface area contributed by atoms with Gasteiger partial charge >= 0.3 is 6.18 Å². The highest BCUT2D eigenvalue weighted by molar-refractivity contribution is 5.93. The fourth-order valence-corrected chi connectivity index (χ4v) is 3.09. The quantitative estimate of drug-likeness (QED) is 0.614. The van der Waals surface area contributed by atoms with E-state index in [1.165, 1.54) is 6.07 Å². The van der Waals surface area contributed by atoms with Gasteiger partial charge in [-0.05, 0) is 36.1 Å². The molecule has 20 heavy (non-hydrogen) atoms. The van der Waals surface area contributed by atoms with Crippen molar-refractivity contribution in [1.82, 2.24) is 9.97 Å². The summed E-state index contributed by atoms with van der Waals surface area (Å²) in [5.74, 6) is 0. The zero-order chi connectivity index (χ0) is 13.9. The molecular weight excluding hydrogens is 265 g/mol. The van der Waals surface area contributed by atoms with Crippen LogP contribution in [0.25, 0.3) is 22.3 Å². The Balaban J connectivity index is 2.07. The summed E-state index contributed by atoms with van der Waals surface area (Å²) in [6.45, 7) is 0. The largest absolute Gasteiger partial charge is 0.418 e. The third-order valence-electron chi connectivity index (χ3n) is 3.97. The van der Waals surface area contributed by atoms with Crippen LogP contribution in [0.4, 0.5) is 13.2 Å². The van der Waals surface area contributed by atoms with Crippen LogP contribution in [0.5, 0.6) is 0 Å². The number of para-hydroxylation sites is 1. The zero-order valence-electron chi connectivity index (χ0n) is 10.4. The van der Waals surface area contributed by atoms with Gasteiger partial charge in [-0.15, -0.1) is 0 Å². The summed E-state index contributed by atoms with van der Waals surface area (Å²) in [4.78, 5) is 6.10. The molecule has 2 heterocycles. The molecule has 1 aromatic carbocycles. The number of alkyl halides is 3. The molecular formula is C15H11F3N2. The summed E-state index contributed by atoms with van der Waals surface area (Å²) < 4.78 is 39.3. The molecule has 1 aliphatic carbocycles. The Morgan fingerprint density at radius 1 is 1.00 bits per heavy atom. The molecule has 1 aliphatic rings. The molecule has 5 heteroatoms. The summed E-state index contributed by atoms with van der Waals surface area (Å²) in [6, 6.07) is 6.34. The van der Waals surface area contributed by atoms with E-state index in [4.69, 9.17) is 0 Å². The Kier molecular flexibility index (Phi) is 2.14. The highest BCUT2D eigenvalue weighted by atomic mass is 19.4. The second-order valence-electron chi connectivity index (χ2n) is 5.08. The van der Waals surface area contributed by atoms with Crippen LogP contribution in [0.2, 0.25) is 0 Å². The summed E-state index contributed by atoms with van der Waals surface area (Å²) in [5, 5.41) is 0.676. The number of hydrogen-bond donors (Lipinski definition) is 2. The molecule has 0 fully saturated rings. The molecule has 102 valence electrons. The predicted molar refractivity (Wildman–Crippen MR) is 70.5 cm³/mol. The molecule has 0 saturated heterocycles. The Hall–Kier alpha value is -2.17. The van der Waals surface area contributed by atoms with E-state index in [-0.39, 0.29) is 5.52 Å². The minimum absolute atomic E-state index is 0.187. The van der Waals surface area contributed by atoms with Crippen LogP contribution in [0.15, 0.2) is 30.5 Å². The number of H-pyrrole nitrogens is 2. The van der Waals surface area contributed by atoms with Gasteiger partial charge in [-0.25, -0.2) is 0 Å². The summed E-state index contributed by atoms with van der Waals surface area (Å²) in [7, 11) is 0. The van der Waals surface area contributed by atoms with E-state index in [1.807, 2.05) is 12.3 Å². The van der Waals surface area contributed by atoms with Crippen molar-refractivity contribution < 1.29 is 13.2 Å².